The van der Waals surface area contributed by atoms with Gasteiger partial charge in [0.05, 0.1) is 16.3 Å². The summed E-state index contributed by atoms with van der Waals surface area (Å²) < 4.78 is 13.3. The van der Waals surface area contributed by atoms with Crippen LogP contribution in [0.4, 0.5) is 37.6 Å². The van der Waals surface area contributed by atoms with Crippen LogP contribution in [0, 0.1) is 12.7 Å². The highest BCUT2D eigenvalue weighted by atomic mass is 35.5. The first-order chi connectivity index (χ1) is 17.4. The molecule has 5 rings (SSSR count). The van der Waals surface area contributed by atoms with Gasteiger partial charge in [0.1, 0.15) is 5.82 Å². The highest BCUT2D eigenvalue weighted by molar-refractivity contribution is 6.35. The third-order valence-electron chi connectivity index (χ3n) is 5.68. The lowest BCUT2D eigenvalue weighted by molar-refractivity contribution is -0.110. The number of carbonyl (C=O) groups excluding carboxylic acids is 2. The summed E-state index contributed by atoms with van der Waals surface area (Å²) in [7, 11) is 0. The van der Waals surface area contributed by atoms with E-state index in [1.807, 2.05) is 49.4 Å². The number of hydrogen-bond acceptors (Lipinski definition) is 3. The van der Waals surface area contributed by atoms with Gasteiger partial charge >= 0.3 is 6.03 Å². The Morgan fingerprint density at radius 1 is 0.972 bits per heavy atom. The number of benzene rings is 3. The molecule has 0 fully saturated rings. The number of fused-ring (bicyclic) bond motifs is 1. The Balaban J connectivity index is 1.31. The first kappa shape index (κ1) is 23.2. The summed E-state index contributed by atoms with van der Waals surface area (Å²) in [6, 6.07) is 18.3. The van der Waals surface area contributed by atoms with E-state index in [9.17, 15) is 14.0 Å². The summed E-state index contributed by atoms with van der Waals surface area (Å²) in [5, 5.41) is 11.6. The Morgan fingerprint density at radius 2 is 1.72 bits per heavy atom. The number of halogens is 2. The molecule has 1 aliphatic heterocycles. The van der Waals surface area contributed by atoms with Crippen LogP contribution in [0.1, 0.15) is 16.8 Å². The molecular formula is C27H21ClFN5O2. The molecule has 4 aromatic rings. The topological polar surface area (TPSA) is 98.0 Å². The Labute approximate surface area is 211 Å². The van der Waals surface area contributed by atoms with Gasteiger partial charge in [0.2, 0.25) is 0 Å². The van der Waals surface area contributed by atoms with Crippen LogP contribution < -0.4 is 21.3 Å². The number of rotatable bonds is 5. The second-order valence-corrected chi connectivity index (χ2v) is 8.67. The largest absolute Gasteiger partial charge is 0.362 e. The van der Waals surface area contributed by atoms with Crippen LogP contribution in [0.3, 0.4) is 0 Å². The Morgan fingerprint density at radius 3 is 2.47 bits per heavy atom. The van der Waals surface area contributed by atoms with Gasteiger partial charge in [0.15, 0.2) is 0 Å². The lowest BCUT2D eigenvalue weighted by Crippen LogP contribution is -2.19. The molecule has 3 amide bonds. The van der Waals surface area contributed by atoms with Gasteiger partial charge in [-0.2, -0.15) is 0 Å². The number of urea groups is 1. The van der Waals surface area contributed by atoms with Crippen molar-refractivity contribution in [1.29, 1.82) is 0 Å². The fourth-order valence-corrected chi connectivity index (χ4v) is 4.04. The predicted octanol–water partition coefficient (Wildman–Crippen LogP) is 7.00. The summed E-state index contributed by atoms with van der Waals surface area (Å²) in [6.07, 6.45) is 3.62. The van der Waals surface area contributed by atoms with Crippen molar-refractivity contribution in [2.45, 2.75) is 6.92 Å². The number of anilines is 5. The fourth-order valence-electron chi connectivity index (χ4n) is 3.86. The summed E-state index contributed by atoms with van der Waals surface area (Å²) in [4.78, 5) is 28.0. The van der Waals surface area contributed by atoms with E-state index in [0.717, 1.165) is 28.2 Å². The summed E-state index contributed by atoms with van der Waals surface area (Å²) >= 11 is 5.77. The standard InChI is InChI=1S/C27H21ClFN5O2/c1-15-4-5-19(33-27(36)32-17-7-9-23(29)22(28)12-17)13-24(15)31-18-6-8-20-21(11-16-3-2-10-30-16)26(35)34-25(20)14-18/h2-14,30-31H,1H3,(H,34,35)(H2,32,33,36)/b21-11+. The number of H-pyrrole nitrogens is 1. The van der Waals surface area contributed by atoms with E-state index in [0.29, 0.717) is 22.6 Å². The van der Waals surface area contributed by atoms with Gasteiger partial charge in [-0.3, -0.25) is 4.79 Å². The zero-order valence-electron chi connectivity index (χ0n) is 19.1. The van der Waals surface area contributed by atoms with Crippen LogP contribution in [-0.2, 0) is 4.79 Å². The van der Waals surface area contributed by atoms with Gasteiger partial charge in [-0.15, -0.1) is 0 Å². The highest BCUT2D eigenvalue weighted by Crippen LogP contribution is 2.36. The van der Waals surface area contributed by atoms with Crippen LogP contribution in [-0.4, -0.2) is 16.9 Å². The number of hydrogen-bond donors (Lipinski definition) is 5. The van der Waals surface area contributed by atoms with Crippen LogP contribution in [0.5, 0.6) is 0 Å². The summed E-state index contributed by atoms with van der Waals surface area (Å²) in [6.45, 7) is 1.94. The van der Waals surface area contributed by atoms with Crippen molar-refractivity contribution in [1.82, 2.24) is 4.98 Å². The van der Waals surface area contributed by atoms with E-state index in [1.165, 1.54) is 18.2 Å². The van der Waals surface area contributed by atoms with Crippen molar-refractivity contribution in [2.24, 2.45) is 0 Å². The van der Waals surface area contributed by atoms with Crippen molar-refractivity contribution in [2.75, 3.05) is 21.3 Å². The smallest absolute Gasteiger partial charge is 0.323 e. The predicted molar refractivity (Wildman–Crippen MR) is 142 cm³/mol. The molecule has 0 radical (unpaired) electrons. The average Bonchev–Trinajstić information content (AvgIpc) is 3.46. The maximum absolute atomic E-state index is 13.3. The van der Waals surface area contributed by atoms with Crippen molar-refractivity contribution < 1.29 is 14.0 Å². The number of nitrogens with one attached hydrogen (secondary N) is 5. The van der Waals surface area contributed by atoms with Gasteiger partial charge in [0, 0.05) is 40.2 Å². The van der Waals surface area contributed by atoms with E-state index in [-0.39, 0.29) is 10.9 Å². The van der Waals surface area contributed by atoms with Crippen LogP contribution >= 0.6 is 11.6 Å². The lowest BCUT2D eigenvalue weighted by Gasteiger charge is -2.14. The molecule has 0 saturated heterocycles. The molecule has 0 atom stereocenters. The monoisotopic (exact) mass is 501 g/mol. The molecule has 1 aromatic heterocycles. The third-order valence-corrected chi connectivity index (χ3v) is 5.97. The number of aromatic amines is 1. The molecule has 9 heteroatoms. The Bertz CT molecular complexity index is 1510. The van der Waals surface area contributed by atoms with Crippen molar-refractivity contribution in [3.63, 3.8) is 0 Å². The zero-order chi connectivity index (χ0) is 25.2. The van der Waals surface area contributed by atoms with Crippen LogP contribution in [0.15, 0.2) is 72.9 Å². The highest BCUT2D eigenvalue weighted by Gasteiger charge is 2.24. The molecule has 5 N–H and O–H groups in total. The molecule has 0 unspecified atom stereocenters. The molecule has 1 aliphatic rings. The van der Waals surface area contributed by atoms with Gasteiger partial charge in [-0.1, -0.05) is 23.7 Å². The average molecular weight is 502 g/mol. The van der Waals surface area contributed by atoms with E-state index in [1.54, 1.807) is 18.3 Å². The second-order valence-electron chi connectivity index (χ2n) is 8.26. The molecule has 2 heterocycles. The Kier molecular flexibility index (Phi) is 6.18. The van der Waals surface area contributed by atoms with E-state index < -0.39 is 11.8 Å². The van der Waals surface area contributed by atoms with Crippen molar-refractivity contribution >= 4 is 63.6 Å². The van der Waals surface area contributed by atoms with Crippen LogP contribution in [0.2, 0.25) is 5.02 Å². The summed E-state index contributed by atoms with van der Waals surface area (Å²) in [5.74, 6) is -0.719. The normalized spacial score (nSPS) is 13.3. The van der Waals surface area contributed by atoms with Gasteiger partial charge in [0.25, 0.3) is 5.91 Å². The third kappa shape index (κ3) is 4.94. The van der Waals surface area contributed by atoms with Crippen LogP contribution in [0.25, 0.3) is 11.6 Å². The number of aryl methyl sites for hydroxylation is 1. The zero-order valence-corrected chi connectivity index (χ0v) is 19.8. The molecule has 36 heavy (non-hydrogen) atoms. The maximum Gasteiger partial charge on any atom is 0.323 e. The van der Waals surface area contributed by atoms with E-state index in [2.05, 4.69) is 26.3 Å². The minimum atomic E-state index is -0.559. The van der Waals surface area contributed by atoms with E-state index >= 15 is 0 Å². The molecule has 3 aromatic carbocycles. The minimum absolute atomic E-state index is 0.0768. The van der Waals surface area contributed by atoms with Crippen molar-refractivity contribution in [3.05, 3.63) is 101 Å². The molecule has 0 spiro atoms. The van der Waals surface area contributed by atoms with Crippen molar-refractivity contribution in [3.8, 4) is 0 Å². The fraction of sp³-hybridized carbons (Fsp3) is 0.0370. The molecule has 0 saturated carbocycles. The lowest BCUT2D eigenvalue weighted by atomic mass is 10.1. The molecule has 7 nitrogen and oxygen atoms in total. The quantitative estimate of drug-likeness (QED) is 0.190. The molecule has 180 valence electrons. The molecular weight excluding hydrogens is 481 g/mol. The first-order valence-corrected chi connectivity index (χ1v) is 11.4. The molecule has 0 aliphatic carbocycles. The molecule has 0 bridgehead atoms. The minimum Gasteiger partial charge on any atom is -0.362 e. The number of aromatic nitrogens is 1. The van der Waals surface area contributed by atoms with Gasteiger partial charge < -0.3 is 26.3 Å². The van der Waals surface area contributed by atoms with Gasteiger partial charge in [-0.05, 0) is 73.2 Å². The second kappa shape index (κ2) is 9.59. The Hall–Kier alpha value is -4.56. The number of carbonyl (C=O) groups is 2. The SMILES string of the molecule is Cc1ccc(NC(=O)Nc2ccc(F)c(Cl)c2)cc1Nc1ccc2c(c1)NC(=O)/C2=C/c1ccc[nH]1. The van der Waals surface area contributed by atoms with Gasteiger partial charge in [-0.25, -0.2) is 9.18 Å². The summed E-state index contributed by atoms with van der Waals surface area (Å²) in [5.41, 5.74) is 6.43. The maximum atomic E-state index is 13.3. The van der Waals surface area contributed by atoms with E-state index in [4.69, 9.17) is 11.6 Å². The first-order valence-electron chi connectivity index (χ1n) is 11.1. The number of amides is 3.